The van der Waals surface area contributed by atoms with Crippen LogP contribution in [0.3, 0.4) is 0 Å². The van der Waals surface area contributed by atoms with Gasteiger partial charge in [0.1, 0.15) is 23.7 Å². The van der Waals surface area contributed by atoms with E-state index in [1.807, 2.05) is 0 Å². The zero-order valence-electron chi connectivity index (χ0n) is 9.43. The number of amides is 1. The van der Waals surface area contributed by atoms with Crippen molar-refractivity contribution < 1.29 is 23.1 Å². The molecule has 0 unspecified atom stereocenters. The molecule has 18 heavy (non-hydrogen) atoms. The van der Waals surface area contributed by atoms with Crippen molar-refractivity contribution in [2.45, 2.75) is 6.92 Å². The summed E-state index contributed by atoms with van der Waals surface area (Å²) < 4.78 is 31.5. The first-order chi connectivity index (χ1) is 8.45. The maximum absolute atomic E-state index is 13.4. The number of carbonyl (C=O) groups excluding carboxylic acids is 2. The number of ether oxygens (including phenoxy) is 1. The van der Waals surface area contributed by atoms with Gasteiger partial charge in [-0.05, 0) is 19.1 Å². The molecule has 0 spiro atoms. The van der Waals surface area contributed by atoms with Crippen LogP contribution < -0.4 is 5.32 Å². The van der Waals surface area contributed by atoms with Crippen molar-refractivity contribution in [2.75, 3.05) is 13.2 Å². The Morgan fingerprint density at radius 1 is 1.33 bits per heavy atom. The minimum absolute atomic E-state index is 0.162. The van der Waals surface area contributed by atoms with E-state index in [2.05, 4.69) is 26.0 Å². The van der Waals surface area contributed by atoms with Crippen molar-refractivity contribution in [2.24, 2.45) is 0 Å². The molecule has 0 saturated heterocycles. The second-order valence-electron chi connectivity index (χ2n) is 3.23. The Balaban J connectivity index is 2.76. The largest absolute Gasteiger partial charge is 0.465 e. The van der Waals surface area contributed by atoms with Gasteiger partial charge in [-0.3, -0.25) is 9.59 Å². The van der Waals surface area contributed by atoms with Crippen molar-refractivity contribution in [1.82, 2.24) is 5.32 Å². The quantitative estimate of drug-likeness (QED) is 0.863. The second kappa shape index (κ2) is 6.44. The third-order valence-corrected chi connectivity index (χ3v) is 2.39. The van der Waals surface area contributed by atoms with Crippen LogP contribution >= 0.6 is 15.9 Å². The summed E-state index contributed by atoms with van der Waals surface area (Å²) in [6, 6.07) is 1.92. The molecule has 0 radical (unpaired) electrons. The highest BCUT2D eigenvalue weighted by atomic mass is 79.9. The number of rotatable bonds is 4. The highest BCUT2D eigenvalue weighted by Crippen LogP contribution is 2.19. The summed E-state index contributed by atoms with van der Waals surface area (Å²) in [6.45, 7) is 1.32. The SMILES string of the molecule is CCOC(=O)CNC(=O)c1c(F)cc(Br)cc1F. The Morgan fingerprint density at radius 2 is 1.89 bits per heavy atom. The lowest BCUT2D eigenvalue weighted by Crippen LogP contribution is -2.31. The van der Waals surface area contributed by atoms with Gasteiger partial charge in [-0.25, -0.2) is 8.78 Å². The monoisotopic (exact) mass is 321 g/mol. The lowest BCUT2D eigenvalue weighted by molar-refractivity contribution is -0.141. The molecule has 0 aliphatic rings. The Hall–Kier alpha value is -1.50. The summed E-state index contributed by atoms with van der Waals surface area (Å²) in [5.74, 6) is -3.71. The molecule has 0 aromatic heterocycles. The number of hydrogen-bond acceptors (Lipinski definition) is 3. The van der Waals surface area contributed by atoms with Gasteiger partial charge in [-0.15, -0.1) is 0 Å². The zero-order chi connectivity index (χ0) is 13.7. The summed E-state index contributed by atoms with van der Waals surface area (Å²) in [4.78, 5) is 22.5. The van der Waals surface area contributed by atoms with Gasteiger partial charge in [0.25, 0.3) is 5.91 Å². The first kappa shape index (κ1) is 14.6. The molecule has 0 fully saturated rings. The van der Waals surface area contributed by atoms with E-state index < -0.39 is 35.6 Å². The fourth-order valence-electron chi connectivity index (χ4n) is 1.21. The molecule has 98 valence electrons. The average Bonchev–Trinajstić information content (AvgIpc) is 2.25. The molecular weight excluding hydrogens is 312 g/mol. The lowest BCUT2D eigenvalue weighted by atomic mass is 10.2. The van der Waals surface area contributed by atoms with E-state index >= 15 is 0 Å². The molecular formula is C11H10BrF2NO3. The molecule has 4 nitrogen and oxygen atoms in total. The van der Waals surface area contributed by atoms with Crippen LogP contribution in [0.1, 0.15) is 17.3 Å². The second-order valence-corrected chi connectivity index (χ2v) is 4.15. The third kappa shape index (κ3) is 3.76. The number of benzene rings is 1. The summed E-state index contributed by atoms with van der Waals surface area (Å²) in [5.41, 5.74) is -0.734. The van der Waals surface area contributed by atoms with Crippen LogP contribution in [0.15, 0.2) is 16.6 Å². The van der Waals surface area contributed by atoms with E-state index in [4.69, 9.17) is 0 Å². The highest BCUT2D eigenvalue weighted by Gasteiger charge is 2.18. The number of carbonyl (C=O) groups is 2. The van der Waals surface area contributed by atoms with Gasteiger partial charge in [-0.1, -0.05) is 15.9 Å². The van der Waals surface area contributed by atoms with Crippen LogP contribution in [0.5, 0.6) is 0 Å². The summed E-state index contributed by atoms with van der Waals surface area (Å²) in [5, 5.41) is 2.08. The number of esters is 1. The lowest BCUT2D eigenvalue weighted by Gasteiger charge is -2.07. The minimum Gasteiger partial charge on any atom is -0.465 e. The van der Waals surface area contributed by atoms with Crippen LogP contribution in [0.4, 0.5) is 8.78 Å². The van der Waals surface area contributed by atoms with Crippen molar-refractivity contribution in [3.8, 4) is 0 Å². The maximum atomic E-state index is 13.4. The van der Waals surface area contributed by atoms with Crippen molar-refractivity contribution in [3.63, 3.8) is 0 Å². The van der Waals surface area contributed by atoms with Crippen LogP contribution in [0, 0.1) is 11.6 Å². The molecule has 0 bridgehead atoms. The first-order valence-electron chi connectivity index (χ1n) is 5.04. The Labute approximate surface area is 110 Å². The predicted molar refractivity (Wildman–Crippen MR) is 63.0 cm³/mol. The predicted octanol–water partition coefficient (Wildman–Crippen LogP) is 2.02. The van der Waals surface area contributed by atoms with Crippen LogP contribution in [0.25, 0.3) is 0 Å². The Bertz CT molecular complexity index is 456. The van der Waals surface area contributed by atoms with E-state index in [-0.39, 0.29) is 11.1 Å². The van der Waals surface area contributed by atoms with E-state index in [0.717, 1.165) is 12.1 Å². The number of nitrogens with one attached hydrogen (secondary N) is 1. The highest BCUT2D eigenvalue weighted by molar-refractivity contribution is 9.10. The normalized spacial score (nSPS) is 10.0. The standard InChI is InChI=1S/C11H10BrF2NO3/c1-2-18-9(16)5-15-11(17)10-7(13)3-6(12)4-8(10)14/h3-4H,2,5H2,1H3,(H,15,17). The summed E-state index contributed by atoms with van der Waals surface area (Å²) >= 11 is 2.89. The van der Waals surface area contributed by atoms with Gasteiger partial charge in [0, 0.05) is 4.47 Å². The van der Waals surface area contributed by atoms with Gasteiger partial charge >= 0.3 is 5.97 Å². The molecule has 7 heteroatoms. The summed E-state index contributed by atoms with van der Waals surface area (Å²) in [6.07, 6.45) is 0. The molecule has 1 aromatic carbocycles. The van der Waals surface area contributed by atoms with E-state index in [9.17, 15) is 18.4 Å². The van der Waals surface area contributed by atoms with Gasteiger partial charge < -0.3 is 10.1 Å². The molecule has 1 N–H and O–H groups in total. The number of hydrogen-bond donors (Lipinski definition) is 1. The Morgan fingerprint density at radius 3 is 2.39 bits per heavy atom. The smallest absolute Gasteiger partial charge is 0.325 e. The van der Waals surface area contributed by atoms with Crippen LogP contribution in [-0.4, -0.2) is 25.0 Å². The van der Waals surface area contributed by atoms with Gasteiger partial charge in [-0.2, -0.15) is 0 Å². The van der Waals surface area contributed by atoms with E-state index in [1.54, 1.807) is 6.92 Å². The molecule has 0 aliphatic heterocycles. The van der Waals surface area contributed by atoms with Gasteiger partial charge in [0.2, 0.25) is 0 Å². The number of halogens is 3. The summed E-state index contributed by atoms with van der Waals surface area (Å²) in [7, 11) is 0. The topological polar surface area (TPSA) is 55.4 Å². The first-order valence-corrected chi connectivity index (χ1v) is 5.83. The van der Waals surface area contributed by atoms with Crippen molar-refractivity contribution in [3.05, 3.63) is 33.8 Å². The Kier molecular flexibility index (Phi) is 5.21. The fourth-order valence-corrected chi connectivity index (χ4v) is 1.61. The van der Waals surface area contributed by atoms with E-state index in [0.29, 0.717) is 0 Å². The van der Waals surface area contributed by atoms with E-state index in [1.165, 1.54) is 0 Å². The maximum Gasteiger partial charge on any atom is 0.325 e. The zero-order valence-corrected chi connectivity index (χ0v) is 11.0. The molecule has 1 amide bonds. The van der Waals surface area contributed by atoms with Crippen LogP contribution in [-0.2, 0) is 9.53 Å². The average molecular weight is 322 g/mol. The molecule has 0 aliphatic carbocycles. The van der Waals surface area contributed by atoms with Crippen molar-refractivity contribution in [1.29, 1.82) is 0 Å². The molecule has 0 heterocycles. The minimum atomic E-state index is -1.01. The molecule has 1 aromatic rings. The van der Waals surface area contributed by atoms with Gasteiger partial charge in [0.05, 0.1) is 6.61 Å². The molecule has 0 saturated carbocycles. The van der Waals surface area contributed by atoms with Gasteiger partial charge in [0.15, 0.2) is 0 Å². The van der Waals surface area contributed by atoms with Crippen LogP contribution in [0.2, 0.25) is 0 Å². The fraction of sp³-hybridized carbons (Fsp3) is 0.273. The molecule has 1 rings (SSSR count). The van der Waals surface area contributed by atoms with Crippen molar-refractivity contribution >= 4 is 27.8 Å². The molecule has 0 atom stereocenters. The third-order valence-electron chi connectivity index (χ3n) is 1.93.